The lowest BCUT2D eigenvalue weighted by molar-refractivity contribution is -0.387. The summed E-state index contributed by atoms with van der Waals surface area (Å²) in [7, 11) is 0. The second-order valence-corrected chi connectivity index (χ2v) is 5.73. The molecule has 7 nitrogen and oxygen atoms in total. The minimum Gasteiger partial charge on any atom is -0.550 e. The predicted octanol–water partition coefficient (Wildman–Crippen LogP) is 0.861. The monoisotopic (exact) mass is 319 g/mol. The van der Waals surface area contributed by atoms with Crippen LogP contribution in [0.4, 0.5) is 15.8 Å². The van der Waals surface area contributed by atoms with E-state index in [1.54, 1.807) is 6.08 Å². The number of hydrogen-bond acceptors (Lipinski definition) is 5. The number of nitro groups is 1. The van der Waals surface area contributed by atoms with Gasteiger partial charge in [-0.25, -0.2) is 0 Å². The van der Waals surface area contributed by atoms with Gasteiger partial charge in [-0.3, -0.25) is 14.9 Å². The van der Waals surface area contributed by atoms with Gasteiger partial charge in [-0.1, -0.05) is 12.2 Å². The van der Waals surface area contributed by atoms with Crippen molar-refractivity contribution >= 4 is 23.3 Å². The summed E-state index contributed by atoms with van der Waals surface area (Å²) in [6.45, 7) is 0. The Kier molecular flexibility index (Phi) is 3.59. The maximum atomic E-state index is 13.3. The van der Waals surface area contributed by atoms with Crippen molar-refractivity contribution in [3.05, 3.63) is 46.3 Å². The molecule has 1 saturated carbocycles. The van der Waals surface area contributed by atoms with Crippen molar-refractivity contribution in [1.82, 2.24) is 0 Å². The van der Waals surface area contributed by atoms with Crippen molar-refractivity contribution in [2.24, 2.45) is 23.7 Å². The largest absolute Gasteiger partial charge is 0.550 e. The van der Waals surface area contributed by atoms with Gasteiger partial charge >= 0.3 is 5.69 Å². The molecule has 1 amide bonds. The molecule has 2 bridgehead atoms. The van der Waals surface area contributed by atoms with Crippen molar-refractivity contribution in [2.45, 2.75) is 6.42 Å². The number of amides is 1. The standard InChI is InChI=1S/C15H13FN2O5/c16-10-4-3-9(6-11(10)18(22)23)17-14(19)12-7-1-2-8(5-7)13(12)15(20)21/h1-4,6-8,12-13H,5H2,(H,17,19)(H,20,21)/p-1/t7-,8+,12-,13+/m1/s1. The summed E-state index contributed by atoms with van der Waals surface area (Å²) in [5.74, 6) is -4.99. The van der Waals surface area contributed by atoms with E-state index in [9.17, 15) is 29.2 Å². The van der Waals surface area contributed by atoms with Crippen LogP contribution < -0.4 is 10.4 Å². The molecule has 0 heterocycles. The van der Waals surface area contributed by atoms with Crippen LogP contribution >= 0.6 is 0 Å². The predicted molar refractivity (Wildman–Crippen MR) is 74.4 cm³/mol. The van der Waals surface area contributed by atoms with E-state index in [4.69, 9.17) is 0 Å². The summed E-state index contributed by atoms with van der Waals surface area (Å²) >= 11 is 0. The minimum absolute atomic E-state index is 0.0481. The Balaban J connectivity index is 1.82. The molecule has 0 radical (unpaired) electrons. The molecular formula is C15H12FN2O5-. The molecule has 23 heavy (non-hydrogen) atoms. The molecule has 3 rings (SSSR count). The highest BCUT2D eigenvalue weighted by molar-refractivity contribution is 5.96. The van der Waals surface area contributed by atoms with E-state index in [-0.39, 0.29) is 17.5 Å². The Morgan fingerprint density at radius 3 is 2.48 bits per heavy atom. The van der Waals surface area contributed by atoms with Gasteiger partial charge in [0.1, 0.15) is 0 Å². The van der Waals surface area contributed by atoms with Crippen LogP contribution in [0, 0.1) is 39.6 Å². The zero-order valence-corrected chi connectivity index (χ0v) is 11.8. The van der Waals surface area contributed by atoms with E-state index in [1.807, 2.05) is 6.08 Å². The van der Waals surface area contributed by atoms with Gasteiger partial charge in [-0.2, -0.15) is 4.39 Å². The number of rotatable bonds is 4. The first-order valence-electron chi connectivity index (χ1n) is 7.02. The van der Waals surface area contributed by atoms with Crippen molar-refractivity contribution in [2.75, 3.05) is 5.32 Å². The fourth-order valence-corrected chi connectivity index (χ4v) is 3.46. The molecular weight excluding hydrogens is 307 g/mol. The Hall–Kier alpha value is -2.77. The quantitative estimate of drug-likeness (QED) is 0.502. The molecule has 1 fully saturated rings. The van der Waals surface area contributed by atoms with Crippen LogP contribution in [0.1, 0.15) is 6.42 Å². The number of anilines is 1. The van der Waals surface area contributed by atoms with Crippen LogP contribution in [0.3, 0.4) is 0 Å². The number of aliphatic carboxylic acids is 1. The van der Waals surface area contributed by atoms with Crippen LogP contribution in [0.15, 0.2) is 30.4 Å². The van der Waals surface area contributed by atoms with Crippen LogP contribution in [0.5, 0.6) is 0 Å². The zero-order valence-electron chi connectivity index (χ0n) is 11.8. The second kappa shape index (κ2) is 5.45. The number of carboxylic acids is 1. The average Bonchev–Trinajstić information content (AvgIpc) is 3.09. The third-order valence-electron chi connectivity index (χ3n) is 4.44. The van der Waals surface area contributed by atoms with Gasteiger partial charge in [-0.15, -0.1) is 0 Å². The minimum atomic E-state index is -1.29. The fourth-order valence-electron chi connectivity index (χ4n) is 3.46. The molecule has 1 N–H and O–H groups in total. The van der Waals surface area contributed by atoms with Crippen LogP contribution in [-0.4, -0.2) is 16.8 Å². The van der Waals surface area contributed by atoms with Gasteiger partial charge in [0.05, 0.1) is 10.8 Å². The maximum absolute atomic E-state index is 13.3. The molecule has 120 valence electrons. The summed E-state index contributed by atoms with van der Waals surface area (Å²) in [5.41, 5.74) is -0.709. The lowest BCUT2D eigenvalue weighted by Gasteiger charge is -2.27. The van der Waals surface area contributed by atoms with Crippen molar-refractivity contribution < 1.29 is 24.0 Å². The Morgan fingerprint density at radius 1 is 1.22 bits per heavy atom. The van der Waals surface area contributed by atoms with Crippen LogP contribution in [0.25, 0.3) is 0 Å². The normalized spacial score (nSPS) is 27.9. The van der Waals surface area contributed by atoms with Crippen LogP contribution in [0.2, 0.25) is 0 Å². The molecule has 8 heteroatoms. The number of nitro benzene ring substituents is 1. The average molecular weight is 319 g/mol. The van der Waals surface area contributed by atoms with Gasteiger partial charge in [0.25, 0.3) is 0 Å². The number of hydrogen-bond donors (Lipinski definition) is 1. The molecule has 0 spiro atoms. The first-order chi connectivity index (χ1) is 10.9. The molecule has 1 aromatic rings. The highest BCUT2D eigenvalue weighted by Gasteiger charge is 2.48. The van der Waals surface area contributed by atoms with Gasteiger partial charge in [0.2, 0.25) is 11.7 Å². The first-order valence-corrected chi connectivity index (χ1v) is 7.02. The van der Waals surface area contributed by atoms with E-state index in [2.05, 4.69) is 5.32 Å². The van der Waals surface area contributed by atoms with Crippen molar-refractivity contribution in [1.29, 1.82) is 0 Å². The molecule has 1 aromatic carbocycles. The van der Waals surface area contributed by atoms with Crippen LogP contribution in [-0.2, 0) is 9.59 Å². The molecule has 4 atom stereocenters. The first kappa shape index (κ1) is 15.1. The van der Waals surface area contributed by atoms with Gasteiger partial charge in [0.15, 0.2) is 0 Å². The molecule has 0 aromatic heterocycles. The zero-order chi connectivity index (χ0) is 16.7. The molecule has 2 aliphatic rings. The topological polar surface area (TPSA) is 112 Å². The van der Waals surface area contributed by atoms with Crippen molar-refractivity contribution in [3.63, 3.8) is 0 Å². The molecule has 0 saturated heterocycles. The van der Waals surface area contributed by atoms with Gasteiger partial charge in [0, 0.05) is 23.6 Å². The summed E-state index contributed by atoms with van der Waals surface area (Å²) in [4.78, 5) is 33.5. The highest BCUT2D eigenvalue weighted by Crippen LogP contribution is 2.48. The number of halogens is 1. The number of fused-ring (bicyclic) bond motifs is 2. The number of nitrogens with one attached hydrogen (secondary N) is 1. The molecule has 0 unspecified atom stereocenters. The molecule has 2 aliphatic carbocycles. The summed E-state index contributed by atoms with van der Waals surface area (Å²) in [6.07, 6.45) is 4.15. The van der Waals surface area contributed by atoms with E-state index < -0.39 is 40.1 Å². The second-order valence-electron chi connectivity index (χ2n) is 5.73. The van der Waals surface area contributed by atoms with E-state index in [0.29, 0.717) is 6.42 Å². The Labute approximate surface area is 130 Å². The van der Waals surface area contributed by atoms with E-state index in [1.165, 1.54) is 6.07 Å². The summed E-state index contributed by atoms with van der Waals surface area (Å²) in [6, 6.07) is 2.98. The summed E-state index contributed by atoms with van der Waals surface area (Å²) < 4.78 is 13.3. The number of carboxylic acid groups (broad SMARTS) is 1. The maximum Gasteiger partial charge on any atom is 0.306 e. The third-order valence-corrected chi connectivity index (χ3v) is 4.44. The number of allylic oxidation sites excluding steroid dienone is 2. The Bertz CT molecular complexity index is 733. The number of benzene rings is 1. The van der Waals surface area contributed by atoms with Gasteiger partial charge in [-0.05, 0) is 30.4 Å². The SMILES string of the molecule is O=C([O-])[C@@H]1[C@H](C(=O)Nc2ccc(F)c([N+](=O)[O-])c2)[C@@H]2C=C[C@H]1C2. The highest BCUT2D eigenvalue weighted by atomic mass is 19.1. The summed E-state index contributed by atoms with van der Waals surface area (Å²) in [5, 5.41) is 24.4. The number of carbonyl (C=O) groups excluding carboxylic acids is 2. The Morgan fingerprint density at radius 2 is 1.87 bits per heavy atom. The third kappa shape index (κ3) is 2.56. The molecule has 0 aliphatic heterocycles. The number of carbonyl (C=O) groups is 2. The van der Waals surface area contributed by atoms with E-state index in [0.717, 1.165) is 12.1 Å². The lowest BCUT2D eigenvalue weighted by Crippen LogP contribution is -2.42. The lowest BCUT2D eigenvalue weighted by atomic mass is 9.82. The smallest absolute Gasteiger partial charge is 0.306 e. The van der Waals surface area contributed by atoms with Crippen molar-refractivity contribution in [3.8, 4) is 0 Å². The van der Waals surface area contributed by atoms with E-state index >= 15 is 0 Å². The van der Waals surface area contributed by atoms with Gasteiger partial charge < -0.3 is 15.2 Å². The number of nitrogens with zero attached hydrogens (tertiary/aromatic N) is 1. The fraction of sp³-hybridized carbons (Fsp3) is 0.333.